The molecule has 1 N–H and O–H groups in total. The molecule has 0 bridgehead atoms. The number of carbonyl (C=O) groups is 2. The third-order valence-corrected chi connectivity index (χ3v) is 9.30. The van der Waals surface area contributed by atoms with Crippen LogP contribution in [0.25, 0.3) is 0 Å². The fourth-order valence-electron chi connectivity index (χ4n) is 4.13. The van der Waals surface area contributed by atoms with E-state index in [-0.39, 0.29) is 44.8 Å². The van der Waals surface area contributed by atoms with E-state index >= 15 is 0 Å². The Morgan fingerprint density at radius 1 is 0.881 bits per heavy atom. The van der Waals surface area contributed by atoms with Crippen molar-refractivity contribution in [2.75, 3.05) is 17.1 Å². The average molecular weight is 694 g/mol. The minimum absolute atomic E-state index is 0.0229. The van der Waals surface area contributed by atoms with Crippen molar-refractivity contribution < 1.29 is 18.0 Å². The maximum Gasteiger partial charge on any atom is 0.244 e. The summed E-state index contributed by atoms with van der Waals surface area (Å²) >= 11 is 31.2. The fraction of sp³-hybridized carbons (Fsp3) is 0.310. The SMILES string of the molecule is CC[C@@H](C)NC(=O)[C@@H](Cc1ccccc1)N(Cc1ccc(Cl)cc1Cl)C(=O)CN(c1cc(Cl)c(Cl)cc1Cl)S(C)(=O)=O. The first-order valence-corrected chi connectivity index (χ1v) is 16.6. The summed E-state index contributed by atoms with van der Waals surface area (Å²) < 4.78 is 26.8. The molecule has 3 rings (SSSR count). The first-order chi connectivity index (χ1) is 19.7. The van der Waals surface area contributed by atoms with Gasteiger partial charge in [0.2, 0.25) is 21.8 Å². The van der Waals surface area contributed by atoms with Gasteiger partial charge >= 0.3 is 0 Å². The highest BCUT2D eigenvalue weighted by atomic mass is 35.5. The summed E-state index contributed by atoms with van der Waals surface area (Å²) in [6, 6.07) is 15.4. The van der Waals surface area contributed by atoms with E-state index in [1.165, 1.54) is 23.1 Å². The van der Waals surface area contributed by atoms with Crippen molar-refractivity contribution in [3.63, 3.8) is 0 Å². The van der Waals surface area contributed by atoms with Crippen LogP contribution < -0.4 is 9.62 Å². The van der Waals surface area contributed by atoms with Gasteiger partial charge in [-0.15, -0.1) is 0 Å². The molecule has 0 aliphatic heterocycles. The number of halogens is 5. The summed E-state index contributed by atoms with van der Waals surface area (Å²) in [4.78, 5) is 29.2. The second-order valence-corrected chi connectivity index (χ2v) is 13.7. The molecular weight excluding hydrogens is 664 g/mol. The van der Waals surface area contributed by atoms with Gasteiger partial charge < -0.3 is 10.2 Å². The number of hydrogen-bond donors (Lipinski definition) is 1. The van der Waals surface area contributed by atoms with E-state index in [1.807, 2.05) is 44.2 Å². The monoisotopic (exact) mass is 691 g/mol. The molecule has 0 saturated carbocycles. The van der Waals surface area contributed by atoms with Crippen LogP contribution in [-0.4, -0.2) is 50.0 Å². The van der Waals surface area contributed by atoms with Gasteiger partial charge in [0.25, 0.3) is 0 Å². The van der Waals surface area contributed by atoms with Crippen molar-refractivity contribution in [1.82, 2.24) is 10.2 Å². The Bertz CT molecular complexity index is 1540. The number of nitrogens with one attached hydrogen (secondary N) is 1. The smallest absolute Gasteiger partial charge is 0.244 e. The number of nitrogens with zero attached hydrogens (tertiary/aromatic N) is 2. The van der Waals surface area contributed by atoms with Gasteiger partial charge in [0.05, 0.1) is 27.0 Å². The molecule has 226 valence electrons. The lowest BCUT2D eigenvalue weighted by Gasteiger charge is -2.34. The summed E-state index contributed by atoms with van der Waals surface area (Å²) in [7, 11) is -4.06. The third-order valence-electron chi connectivity index (χ3n) is 6.57. The van der Waals surface area contributed by atoms with E-state index in [1.54, 1.807) is 12.1 Å². The highest BCUT2D eigenvalue weighted by Crippen LogP contribution is 2.36. The number of sulfonamides is 1. The topological polar surface area (TPSA) is 86.8 Å². The molecule has 0 fully saturated rings. The number of benzene rings is 3. The number of rotatable bonds is 12. The Kier molecular flexibility index (Phi) is 12.2. The van der Waals surface area contributed by atoms with Crippen molar-refractivity contribution in [3.05, 3.63) is 96.9 Å². The summed E-state index contributed by atoms with van der Waals surface area (Å²) in [5.74, 6) is -1.07. The molecule has 3 aromatic rings. The lowest BCUT2D eigenvalue weighted by atomic mass is 10.0. The Balaban J connectivity index is 2.13. The van der Waals surface area contributed by atoms with E-state index < -0.39 is 34.4 Å². The van der Waals surface area contributed by atoms with Gasteiger partial charge in [-0.25, -0.2) is 8.42 Å². The minimum atomic E-state index is -4.06. The Morgan fingerprint density at radius 3 is 2.12 bits per heavy atom. The number of carbonyl (C=O) groups excluding carboxylic acids is 2. The van der Waals surface area contributed by atoms with Gasteiger partial charge in [0.15, 0.2) is 0 Å². The zero-order chi connectivity index (χ0) is 31.2. The summed E-state index contributed by atoms with van der Waals surface area (Å²) in [6.45, 7) is 3.01. The fourth-order valence-corrected chi connectivity index (χ4v) is 6.14. The molecule has 0 unspecified atom stereocenters. The van der Waals surface area contributed by atoms with Crippen LogP contribution in [0.15, 0.2) is 60.7 Å². The molecular formula is C29H30Cl5N3O4S. The maximum absolute atomic E-state index is 14.2. The Hall–Kier alpha value is -2.20. The van der Waals surface area contributed by atoms with Gasteiger partial charge in [0.1, 0.15) is 12.6 Å². The second kappa shape index (κ2) is 15.0. The standard InChI is InChI=1S/C29H30Cl5N3O4S/c1-4-18(2)35-29(39)27(12-19-8-6-5-7-9-19)36(16-20-10-11-21(30)13-22(20)31)28(38)17-37(42(3,40)41)26-15-24(33)23(32)14-25(26)34/h5-11,13-15,18,27H,4,12,16-17H2,1-3H3,(H,35,39)/t18-,27-/m1/s1. The molecule has 7 nitrogen and oxygen atoms in total. The molecule has 0 aliphatic rings. The van der Waals surface area contributed by atoms with E-state index in [0.29, 0.717) is 17.0 Å². The van der Waals surface area contributed by atoms with Crippen molar-refractivity contribution in [2.24, 2.45) is 0 Å². The predicted octanol–water partition coefficient (Wildman–Crippen LogP) is 7.27. The van der Waals surface area contributed by atoms with Crippen LogP contribution in [0.4, 0.5) is 5.69 Å². The van der Waals surface area contributed by atoms with Crippen LogP contribution in [0.5, 0.6) is 0 Å². The zero-order valence-electron chi connectivity index (χ0n) is 23.1. The first kappa shape index (κ1) is 34.3. The molecule has 13 heteroatoms. The number of hydrogen-bond acceptors (Lipinski definition) is 4. The second-order valence-electron chi connectivity index (χ2n) is 9.77. The van der Waals surface area contributed by atoms with Gasteiger partial charge in [-0.1, -0.05) is 101 Å². The van der Waals surface area contributed by atoms with Crippen molar-refractivity contribution in [3.8, 4) is 0 Å². The highest BCUT2D eigenvalue weighted by molar-refractivity contribution is 7.92. The molecule has 2 amide bonds. The van der Waals surface area contributed by atoms with Crippen LogP contribution >= 0.6 is 58.0 Å². The van der Waals surface area contributed by atoms with E-state index in [4.69, 9.17) is 58.0 Å². The Labute approximate surface area is 271 Å². The molecule has 0 radical (unpaired) electrons. The summed E-state index contributed by atoms with van der Waals surface area (Å²) in [5.41, 5.74) is 1.28. The average Bonchev–Trinajstić information content (AvgIpc) is 2.92. The maximum atomic E-state index is 14.2. The minimum Gasteiger partial charge on any atom is -0.352 e. The van der Waals surface area contributed by atoms with Gasteiger partial charge in [-0.3, -0.25) is 13.9 Å². The lowest BCUT2D eigenvalue weighted by molar-refractivity contribution is -0.140. The summed E-state index contributed by atoms with van der Waals surface area (Å²) in [6.07, 6.45) is 1.77. The molecule has 2 atom stereocenters. The quantitative estimate of drug-likeness (QED) is 0.202. The van der Waals surface area contributed by atoms with Crippen LogP contribution in [0.1, 0.15) is 31.4 Å². The highest BCUT2D eigenvalue weighted by Gasteiger charge is 2.34. The molecule has 0 aliphatic carbocycles. The van der Waals surface area contributed by atoms with E-state index in [9.17, 15) is 18.0 Å². The molecule has 42 heavy (non-hydrogen) atoms. The van der Waals surface area contributed by atoms with Crippen molar-refractivity contribution in [1.29, 1.82) is 0 Å². The van der Waals surface area contributed by atoms with Crippen LogP contribution in [0.2, 0.25) is 25.1 Å². The number of anilines is 1. The largest absolute Gasteiger partial charge is 0.352 e. The number of amides is 2. The lowest BCUT2D eigenvalue weighted by Crippen LogP contribution is -2.54. The normalized spacial score (nSPS) is 12.9. The van der Waals surface area contributed by atoms with Crippen LogP contribution in [0.3, 0.4) is 0 Å². The molecule has 0 aromatic heterocycles. The predicted molar refractivity (Wildman–Crippen MR) is 173 cm³/mol. The van der Waals surface area contributed by atoms with E-state index in [0.717, 1.165) is 16.1 Å². The van der Waals surface area contributed by atoms with Gasteiger partial charge in [0, 0.05) is 29.1 Å². The van der Waals surface area contributed by atoms with Gasteiger partial charge in [-0.2, -0.15) is 0 Å². The van der Waals surface area contributed by atoms with Gasteiger partial charge in [-0.05, 0) is 48.7 Å². The Morgan fingerprint density at radius 2 is 1.52 bits per heavy atom. The molecule has 0 saturated heterocycles. The van der Waals surface area contributed by atoms with Crippen molar-refractivity contribution in [2.45, 2.75) is 45.3 Å². The molecule has 0 spiro atoms. The van der Waals surface area contributed by atoms with Crippen molar-refractivity contribution >= 4 is 85.5 Å². The van der Waals surface area contributed by atoms with Crippen LogP contribution in [0, 0.1) is 0 Å². The first-order valence-electron chi connectivity index (χ1n) is 12.9. The third kappa shape index (κ3) is 9.15. The van der Waals surface area contributed by atoms with E-state index in [2.05, 4.69) is 5.32 Å². The zero-order valence-corrected chi connectivity index (χ0v) is 27.7. The molecule has 3 aromatic carbocycles. The molecule has 0 heterocycles. The van der Waals surface area contributed by atoms with Crippen LogP contribution in [-0.2, 0) is 32.6 Å². The summed E-state index contributed by atoms with van der Waals surface area (Å²) in [5, 5.41) is 3.79.